The minimum Gasteiger partial charge on any atom is -0.441 e. The second-order valence-corrected chi connectivity index (χ2v) is 6.06. The molecular formula is C17H16F2N2O3. The van der Waals surface area contributed by atoms with E-state index in [1.54, 1.807) is 4.90 Å². The smallest absolute Gasteiger partial charge is 0.252 e. The Labute approximate surface area is 137 Å². The fourth-order valence-electron chi connectivity index (χ4n) is 3.16. The number of fused-ring (bicyclic) bond motifs is 1. The Kier molecular flexibility index (Phi) is 3.80. The lowest BCUT2D eigenvalue weighted by Crippen LogP contribution is -2.41. The van der Waals surface area contributed by atoms with Gasteiger partial charge >= 0.3 is 0 Å². The number of nitrogens with zero attached hydrogens (tertiary/aromatic N) is 2. The maximum absolute atomic E-state index is 13.4. The van der Waals surface area contributed by atoms with Crippen LogP contribution in [0.4, 0.5) is 8.78 Å². The zero-order valence-electron chi connectivity index (χ0n) is 12.9. The van der Waals surface area contributed by atoms with Crippen LogP contribution in [0.2, 0.25) is 0 Å². The van der Waals surface area contributed by atoms with E-state index in [4.69, 9.17) is 9.15 Å². The van der Waals surface area contributed by atoms with E-state index < -0.39 is 11.6 Å². The topological polar surface area (TPSA) is 55.6 Å². The Bertz CT molecular complexity index is 764. The van der Waals surface area contributed by atoms with Gasteiger partial charge in [0.05, 0.1) is 6.54 Å². The van der Waals surface area contributed by atoms with Gasteiger partial charge in [0.1, 0.15) is 29.2 Å². The number of ether oxygens (including phenoxy) is 1. The van der Waals surface area contributed by atoms with E-state index in [1.165, 1.54) is 12.1 Å². The molecule has 1 aromatic heterocycles. The highest BCUT2D eigenvalue weighted by atomic mass is 19.1. The summed E-state index contributed by atoms with van der Waals surface area (Å²) < 4.78 is 37.8. The second-order valence-electron chi connectivity index (χ2n) is 6.06. The van der Waals surface area contributed by atoms with Gasteiger partial charge in [-0.2, -0.15) is 0 Å². The molecule has 0 bridgehead atoms. The molecule has 7 heteroatoms. The van der Waals surface area contributed by atoms with Crippen LogP contribution in [0.5, 0.6) is 0 Å². The van der Waals surface area contributed by atoms with Crippen LogP contribution >= 0.6 is 0 Å². The molecule has 0 radical (unpaired) electrons. The van der Waals surface area contributed by atoms with Crippen molar-refractivity contribution in [1.29, 1.82) is 0 Å². The molecule has 0 spiro atoms. The maximum atomic E-state index is 13.4. The summed E-state index contributed by atoms with van der Waals surface area (Å²) in [5.74, 6) is -0.567. The quantitative estimate of drug-likeness (QED) is 0.847. The number of aromatic nitrogens is 1. The minimum absolute atomic E-state index is 0.0282. The van der Waals surface area contributed by atoms with Crippen LogP contribution in [-0.4, -0.2) is 35.0 Å². The van der Waals surface area contributed by atoms with Crippen molar-refractivity contribution in [3.8, 4) is 11.5 Å². The van der Waals surface area contributed by atoms with Crippen LogP contribution in [-0.2, 0) is 22.5 Å². The predicted octanol–water partition coefficient (Wildman–Crippen LogP) is 2.68. The molecule has 2 aromatic rings. The van der Waals surface area contributed by atoms with Crippen molar-refractivity contribution in [2.75, 3.05) is 13.2 Å². The molecule has 24 heavy (non-hydrogen) atoms. The fourth-order valence-corrected chi connectivity index (χ4v) is 3.16. The van der Waals surface area contributed by atoms with Crippen molar-refractivity contribution < 1.29 is 22.7 Å². The van der Waals surface area contributed by atoms with Gasteiger partial charge in [0.2, 0.25) is 5.89 Å². The first-order valence-electron chi connectivity index (χ1n) is 7.95. The van der Waals surface area contributed by atoms with Gasteiger partial charge in [-0.05, 0) is 25.0 Å². The summed E-state index contributed by atoms with van der Waals surface area (Å²) in [7, 11) is 0. The molecular weight excluding hydrogens is 318 g/mol. The molecule has 0 unspecified atom stereocenters. The number of carbonyl (C=O) groups excluding carboxylic acids is 1. The van der Waals surface area contributed by atoms with E-state index in [-0.39, 0.29) is 23.5 Å². The fraction of sp³-hybridized carbons (Fsp3) is 0.412. The SMILES string of the molecule is O=C([C@H]1CCCO1)N1CCc2oc(-c3cc(F)cc(F)c3)nc2C1. The summed E-state index contributed by atoms with van der Waals surface area (Å²) in [4.78, 5) is 18.5. The lowest BCUT2D eigenvalue weighted by molar-refractivity contribution is -0.142. The minimum atomic E-state index is -0.684. The average molecular weight is 334 g/mol. The third-order valence-corrected chi connectivity index (χ3v) is 4.35. The molecule has 4 rings (SSSR count). The van der Waals surface area contributed by atoms with Crippen molar-refractivity contribution >= 4 is 5.91 Å². The highest BCUT2D eigenvalue weighted by Gasteiger charge is 2.32. The van der Waals surface area contributed by atoms with Crippen molar-refractivity contribution in [3.63, 3.8) is 0 Å². The van der Waals surface area contributed by atoms with Gasteiger partial charge in [0, 0.05) is 31.2 Å². The Morgan fingerprint density at radius 2 is 2.04 bits per heavy atom. The Hall–Kier alpha value is -2.28. The molecule has 1 fully saturated rings. The van der Waals surface area contributed by atoms with E-state index in [2.05, 4.69) is 4.98 Å². The van der Waals surface area contributed by atoms with E-state index in [0.717, 1.165) is 18.9 Å². The molecule has 0 aliphatic carbocycles. The zero-order chi connectivity index (χ0) is 16.7. The largest absolute Gasteiger partial charge is 0.441 e. The number of carbonyl (C=O) groups is 1. The van der Waals surface area contributed by atoms with E-state index in [0.29, 0.717) is 37.6 Å². The van der Waals surface area contributed by atoms with Gasteiger partial charge in [-0.3, -0.25) is 4.79 Å². The van der Waals surface area contributed by atoms with Crippen LogP contribution in [0, 0.1) is 11.6 Å². The first kappa shape index (κ1) is 15.3. The number of rotatable bonds is 2. The molecule has 1 aromatic carbocycles. The lowest BCUT2D eigenvalue weighted by atomic mass is 10.1. The van der Waals surface area contributed by atoms with Crippen LogP contribution in [0.3, 0.4) is 0 Å². The van der Waals surface area contributed by atoms with E-state index in [1.807, 2.05) is 0 Å². The van der Waals surface area contributed by atoms with Gasteiger partial charge in [0.25, 0.3) is 5.91 Å². The molecule has 126 valence electrons. The number of hydrogen-bond donors (Lipinski definition) is 0. The van der Waals surface area contributed by atoms with Gasteiger partial charge < -0.3 is 14.1 Å². The summed E-state index contributed by atoms with van der Waals surface area (Å²) >= 11 is 0. The summed E-state index contributed by atoms with van der Waals surface area (Å²) in [6.07, 6.45) is 1.80. The second kappa shape index (κ2) is 5.98. The van der Waals surface area contributed by atoms with Gasteiger partial charge in [-0.25, -0.2) is 13.8 Å². The predicted molar refractivity (Wildman–Crippen MR) is 80.0 cm³/mol. The molecule has 1 amide bonds. The first-order chi connectivity index (χ1) is 11.6. The number of benzene rings is 1. The van der Waals surface area contributed by atoms with Crippen LogP contribution in [0.1, 0.15) is 24.3 Å². The standard InChI is InChI=1S/C17H16F2N2O3/c18-11-6-10(7-12(19)8-11)16-20-13-9-21(4-3-14(13)24-16)17(22)15-2-1-5-23-15/h6-8,15H,1-5,9H2/t15-/m1/s1. The molecule has 1 atom stereocenters. The Morgan fingerprint density at radius 1 is 1.25 bits per heavy atom. The van der Waals surface area contributed by atoms with Crippen LogP contribution in [0.25, 0.3) is 11.5 Å². The number of oxazole rings is 1. The summed E-state index contributed by atoms with van der Waals surface area (Å²) in [5.41, 5.74) is 0.881. The molecule has 1 saturated heterocycles. The van der Waals surface area contributed by atoms with E-state index in [9.17, 15) is 13.6 Å². The van der Waals surface area contributed by atoms with Crippen LogP contribution in [0.15, 0.2) is 22.6 Å². The van der Waals surface area contributed by atoms with Crippen LogP contribution < -0.4 is 0 Å². The maximum Gasteiger partial charge on any atom is 0.252 e. The van der Waals surface area contributed by atoms with Gasteiger partial charge in [-0.1, -0.05) is 0 Å². The van der Waals surface area contributed by atoms with Gasteiger partial charge in [-0.15, -0.1) is 0 Å². The monoisotopic (exact) mass is 334 g/mol. The molecule has 0 N–H and O–H groups in total. The van der Waals surface area contributed by atoms with Crippen molar-refractivity contribution in [2.45, 2.75) is 31.9 Å². The lowest BCUT2D eigenvalue weighted by Gasteiger charge is -2.27. The third kappa shape index (κ3) is 2.80. The molecule has 5 nitrogen and oxygen atoms in total. The summed E-state index contributed by atoms with van der Waals surface area (Å²) in [6.45, 7) is 1.47. The molecule has 3 heterocycles. The number of halogens is 2. The molecule has 2 aliphatic heterocycles. The van der Waals surface area contributed by atoms with Gasteiger partial charge in [0.15, 0.2) is 0 Å². The van der Waals surface area contributed by atoms with Crippen molar-refractivity contribution in [3.05, 3.63) is 41.3 Å². The zero-order valence-corrected chi connectivity index (χ0v) is 12.9. The first-order valence-corrected chi connectivity index (χ1v) is 7.95. The molecule has 2 aliphatic rings. The third-order valence-electron chi connectivity index (χ3n) is 4.35. The Balaban J connectivity index is 1.56. The summed E-state index contributed by atoms with van der Waals surface area (Å²) in [5, 5.41) is 0. The van der Waals surface area contributed by atoms with E-state index >= 15 is 0 Å². The highest BCUT2D eigenvalue weighted by Crippen LogP contribution is 2.28. The number of amides is 1. The Morgan fingerprint density at radius 3 is 2.75 bits per heavy atom. The molecule has 0 saturated carbocycles. The number of hydrogen-bond acceptors (Lipinski definition) is 4. The van der Waals surface area contributed by atoms with Crippen molar-refractivity contribution in [2.24, 2.45) is 0 Å². The average Bonchev–Trinajstić information content (AvgIpc) is 3.22. The normalized spacial score (nSPS) is 20.2. The van der Waals surface area contributed by atoms with Crippen molar-refractivity contribution in [1.82, 2.24) is 9.88 Å². The highest BCUT2D eigenvalue weighted by molar-refractivity contribution is 5.81. The summed E-state index contributed by atoms with van der Waals surface area (Å²) in [6, 6.07) is 3.15.